The van der Waals surface area contributed by atoms with Crippen LogP contribution in [0.15, 0.2) is 68.4 Å². The molecule has 0 radical (unpaired) electrons. The quantitative estimate of drug-likeness (QED) is 0.230. The van der Waals surface area contributed by atoms with Crippen molar-refractivity contribution in [2.45, 2.75) is 57.9 Å². The fraction of sp³-hybridized carbons (Fsp3) is 0.321. The molecule has 0 saturated heterocycles. The molecule has 0 bridgehead atoms. The average Bonchev–Trinajstić information content (AvgIpc) is 2.93. The number of aromatic carboxylic acids is 1. The first kappa shape index (κ1) is 30.0. The van der Waals surface area contributed by atoms with E-state index in [0.29, 0.717) is 0 Å². The van der Waals surface area contributed by atoms with Crippen molar-refractivity contribution < 1.29 is 23.4 Å². The third kappa shape index (κ3) is 6.92. The number of hydrogen-bond acceptors (Lipinski definition) is 8. The van der Waals surface area contributed by atoms with Crippen LogP contribution in [-0.4, -0.2) is 29.2 Å². The van der Waals surface area contributed by atoms with Gasteiger partial charge in [-0.15, -0.1) is 5.11 Å². The summed E-state index contributed by atoms with van der Waals surface area (Å²) in [5.74, 6) is -1.36. The molecule has 0 spiro atoms. The lowest BCUT2D eigenvalue weighted by atomic mass is 9.99. The van der Waals surface area contributed by atoms with Gasteiger partial charge in [0.1, 0.15) is 11.6 Å². The van der Waals surface area contributed by atoms with Crippen LogP contribution in [0.4, 0.5) is 17.1 Å². The normalized spacial score (nSPS) is 12.2. The van der Waals surface area contributed by atoms with Gasteiger partial charge in [0.15, 0.2) is 5.69 Å². The zero-order valence-corrected chi connectivity index (χ0v) is 23.3. The number of aromatic nitrogens is 1. The number of hydrogen-bond donors (Lipinski definition) is 3. The zero-order valence-electron chi connectivity index (χ0n) is 22.5. The number of carboxylic acid groups (broad SMARTS) is 1. The molecule has 1 unspecified atom stereocenters. The minimum Gasteiger partial charge on any atom is -0.493 e. The molecule has 11 nitrogen and oxygen atoms in total. The molecule has 0 amide bonds. The highest BCUT2D eigenvalue weighted by Gasteiger charge is 2.21. The van der Waals surface area contributed by atoms with Crippen molar-refractivity contribution in [3.63, 3.8) is 0 Å². The van der Waals surface area contributed by atoms with Crippen molar-refractivity contribution in [1.29, 1.82) is 5.26 Å². The number of carbonyl (C=O) groups is 1. The molecule has 0 aliphatic heterocycles. The van der Waals surface area contributed by atoms with Crippen LogP contribution in [0.5, 0.6) is 5.88 Å². The number of azo groups is 1. The highest BCUT2D eigenvalue weighted by molar-refractivity contribution is 7.92. The third-order valence-electron chi connectivity index (χ3n) is 6.55. The van der Waals surface area contributed by atoms with Gasteiger partial charge < -0.3 is 10.2 Å². The first-order valence-corrected chi connectivity index (χ1v) is 14.2. The minimum absolute atomic E-state index is 0.00957. The van der Waals surface area contributed by atoms with Crippen LogP contribution in [0.3, 0.4) is 0 Å². The van der Waals surface area contributed by atoms with Crippen molar-refractivity contribution in [2.24, 2.45) is 16.1 Å². The van der Waals surface area contributed by atoms with Gasteiger partial charge in [-0.25, -0.2) is 13.2 Å². The van der Waals surface area contributed by atoms with Crippen molar-refractivity contribution >= 4 is 33.1 Å². The zero-order chi connectivity index (χ0) is 29.4. The van der Waals surface area contributed by atoms with Crippen molar-refractivity contribution in [3.05, 3.63) is 75.6 Å². The van der Waals surface area contributed by atoms with Gasteiger partial charge in [0.05, 0.1) is 16.1 Å². The minimum atomic E-state index is -3.97. The van der Waals surface area contributed by atoms with E-state index < -0.39 is 21.6 Å². The molecule has 1 atom stereocenters. The van der Waals surface area contributed by atoms with Gasteiger partial charge in [-0.2, -0.15) is 10.4 Å². The van der Waals surface area contributed by atoms with Gasteiger partial charge >= 0.3 is 5.97 Å². The molecule has 3 aromatic rings. The highest BCUT2D eigenvalue weighted by atomic mass is 32.2. The first-order chi connectivity index (χ1) is 19.0. The van der Waals surface area contributed by atoms with Crippen molar-refractivity contribution in [3.8, 4) is 11.9 Å². The number of nitrogens with zero attached hydrogens (tertiary/aromatic N) is 4. The maximum absolute atomic E-state index is 12.9. The predicted octanol–water partition coefficient (Wildman–Crippen LogP) is 5.86. The molecule has 0 fully saturated rings. The Morgan fingerprint density at radius 3 is 2.30 bits per heavy atom. The van der Waals surface area contributed by atoms with Crippen LogP contribution in [0.25, 0.3) is 0 Å². The fourth-order valence-electron chi connectivity index (χ4n) is 4.10. The molecule has 0 saturated carbocycles. The van der Waals surface area contributed by atoms with Gasteiger partial charge in [-0.05, 0) is 67.8 Å². The summed E-state index contributed by atoms with van der Waals surface area (Å²) in [6, 6.07) is 12.6. The highest BCUT2D eigenvalue weighted by Crippen LogP contribution is 2.33. The van der Waals surface area contributed by atoms with Crippen LogP contribution >= 0.6 is 0 Å². The number of nitrogens with one attached hydrogen (secondary N) is 1. The standard InChI is InChI=1S/C28H31N5O6S/c1-4-6-7-19(5-2)17-33-26(34)24(16-29)18(3)25(27(33)35)31-30-21-12-14-23(15-13-21)40(38,39)32-22-10-8-20(9-11-22)28(36)37/h8-15,19,32,35H,4-7,17H2,1-3H3,(H,36,37)/b31-30+. The number of sulfonamides is 1. The number of anilines is 1. The van der Waals surface area contributed by atoms with E-state index in [1.165, 1.54) is 60.0 Å². The Morgan fingerprint density at radius 1 is 1.10 bits per heavy atom. The Kier molecular flexibility index (Phi) is 9.79. The fourth-order valence-corrected chi connectivity index (χ4v) is 5.16. The summed E-state index contributed by atoms with van der Waals surface area (Å²) in [4.78, 5) is 23.8. The molecule has 210 valence electrons. The van der Waals surface area contributed by atoms with Gasteiger partial charge in [0.2, 0.25) is 5.88 Å². The SMILES string of the molecule is CCCCC(CC)Cn1c(O)c(/N=N/c2ccc(S(=O)(=O)Nc3ccc(C(=O)O)cc3)cc2)c(C)c(C#N)c1=O. The van der Waals surface area contributed by atoms with E-state index in [9.17, 15) is 28.4 Å². The van der Waals surface area contributed by atoms with Gasteiger partial charge in [0.25, 0.3) is 15.6 Å². The molecule has 40 heavy (non-hydrogen) atoms. The summed E-state index contributed by atoms with van der Waals surface area (Å²) in [7, 11) is -3.97. The molecule has 1 heterocycles. The molecule has 12 heteroatoms. The number of benzene rings is 2. The molecule has 1 aromatic heterocycles. The Balaban J connectivity index is 1.87. The Bertz CT molecular complexity index is 1610. The van der Waals surface area contributed by atoms with Crippen LogP contribution in [0, 0.1) is 24.2 Å². The third-order valence-corrected chi connectivity index (χ3v) is 7.95. The second kappa shape index (κ2) is 13.0. The molecule has 3 rings (SSSR count). The summed E-state index contributed by atoms with van der Waals surface area (Å²) in [6.07, 6.45) is 3.67. The Labute approximate surface area is 232 Å². The first-order valence-electron chi connectivity index (χ1n) is 12.8. The van der Waals surface area contributed by atoms with E-state index in [1.807, 2.05) is 13.0 Å². The van der Waals surface area contributed by atoms with E-state index >= 15 is 0 Å². The Morgan fingerprint density at radius 2 is 1.75 bits per heavy atom. The molecule has 0 aliphatic carbocycles. The molecular weight excluding hydrogens is 534 g/mol. The van der Waals surface area contributed by atoms with E-state index in [4.69, 9.17) is 5.11 Å². The summed E-state index contributed by atoms with van der Waals surface area (Å²) in [6.45, 7) is 5.85. The largest absolute Gasteiger partial charge is 0.493 e. The lowest BCUT2D eigenvalue weighted by Crippen LogP contribution is -2.27. The Hall–Kier alpha value is -4.50. The number of nitriles is 1. The molecular formula is C28H31N5O6S. The average molecular weight is 566 g/mol. The number of rotatable bonds is 12. The number of aromatic hydroxyl groups is 1. The topological polar surface area (TPSA) is 174 Å². The van der Waals surface area contributed by atoms with Crippen LogP contribution in [-0.2, 0) is 16.6 Å². The van der Waals surface area contributed by atoms with Crippen LogP contribution in [0.1, 0.15) is 61.0 Å². The molecule has 3 N–H and O–H groups in total. The van der Waals surface area contributed by atoms with E-state index in [-0.39, 0.29) is 57.0 Å². The number of pyridine rings is 1. The number of unbranched alkanes of at least 4 members (excludes halogenated alkanes) is 1. The molecule has 0 aliphatic rings. The van der Waals surface area contributed by atoms with Crippen LogP contribution in [0.2, 0.25) is 0 Å². The van der Waals surface area contributed by atoms with E-state index in [0.717, 1.165) is 25.7 Å². The van der Waals surface area contributed by atoms with Crippen molar-refractivity contribution in [2.75, 3.05) is 4.72 Å². The maximum atomic E-state index is 12.9. The van der Waals surface area contributed by atoms with Gasteiger partial charge in [-0.1, -0.05) is 33.1 Å². The predicted molar refractivity (Wildman–Crippen MR) is 150 cm³/mol. The van der Waals surface area contributed by atoms with E-state index in [2.05, 4.69) is 21.9 Å². The van der Waals surface area contributed by atoms with Crippen molar-refractivity contribution in [1.82, 2.24) is 4.57 Å². The summed E-state index contributed by atoms with van der Waals surface area (Å²) in [5, 5.41) is 37.7. The maximum Gasteiger partial charge on any atom is 0.335 e. The van der Waals surface area contributed by atoms with Crippen LogP contribution < -0.4 is 10.3 Å². The second-order valence-electron chi connectivity index (χ2n) is 9.30. The smallest absolute Gasteiger partial charge is 0.335 e. The van der Waals surface area contributed by atoms with E-state index in [1.54, 1.807) is 0 Å². The summed E-state index contributed by atoms with van der Waals surface area (Å²) < 4.78 is 29.0. The van der Waals surface area contributed by atoms with Gasteiger partial charge in [-0.3, -0.25) is 14.1 Å². The molecule has 2 aromatic carbocycles. The van der Waals surface area contributed by atoms with Gasteiger partial charge in [0, 0.05) is 17.8 Å². The monoisotopic (exact) mass is 565 g/mol. The number of carboxylic acids is 1. The second-order valence-corrected chi connectivity index (χ2v) is 11.0. The summed E-state index contributed by atoms with van der Waals surface area (Å²) >= 11 is 0. The summed E-state index contributed by atoms with van der Waals surface area (Å²) in [5.41, 5.74) is -0.0177. The lowest BCUT2D eigenvalue weighted by Gasteiger charge is -2.19. The lowest BCUT2D eigenvalue weighted by molar-refractivity contribution is 0.0697.